The van der Waals surface area contributed by atoms with Gasteiger partial charge in [-0.1, -0.05) is 0 Å². The van der Waals surface area contributed by atoms with Gasteiger partial charge in [0.05, 0.1) is 16.4 Å². The molecule has 0 bridgehead atoms. The van der Waals surface area contributed by atoms with Crippen LogP contribution < -0.4 is 5.73 Å². The van der Waals surface area contributed by atoms with E-state index in [1.54, 1.807) is 16.0 Å². The van der Waals surface area contributed by atoms with Crippen LogP contribution in [0, 0.1) is 13.8 Å². The molecule has 0 saturated carbocycles. The summed E-state index contributed by atoms with van der Waals surface area (Å²) in [4.78, 5) is 4.42. The highest BCUT2D eigenvalue weighted by Crippen LogP contribution is 2.19. The molecule has 5 heteroatoms. The van der Waals surface area contributed by atoms with E-state index in [-0.39, 0.29) is 6.04 Å². The van der Waals surface area contributed by atoms with Gasteiger partial charge in [0.2, 0.25) is 0 Å². The first kappa shape index (κ1) is 11.3. The molecule has 2 N–H and O–H groups in total. The smallest absolute Gasteiger partial charge is 0.0897 e. The minimum atomic E-state index is -0.0183. The zero-order valence-electron chi connectivity index (χ0n) is 9.77. The molecule has 2 aromatic rings. The van der Waals surface area contributed by atoms with E-state index < -0.39 is 0 Å². The van der Waals surface area contributed by atoms with Gasteiger partial charge in [0.1, 0.15) is 0 Å². The third-order valence-electron chi connectivity index (χ3n) is 2.55. The van der Waals surface area contributed by atoms with Crippen molar-refractivity contribution in [3.63, 3.8) is 0 Å². The molecule has 0 fully saturated rings. The average molecular weight is 236 g/mol. The molecule has 0 aliphatic rings. The summed E-state index contributed by atoms with van der Waals surface area (Å²) >= 11 is 1.66. The summed E-state index contributed by atoms with van der Waals surface area (Å²) in [5.74, 6) is 0. The summed E-state index contributed by atoms with van der Waals surface area (Å²) < 4.78 is 1.80. The Kier molecular flexibility index (Phi) is 3.07. The number of hydrogen-bond donors (Lipinski definition) is 1. The van der Waals surface area contributed by atoms with Crippen LogP contribution in [0.15, 0.2) is 11.6 Å². The maximum Gasteiger partial charge on any atom is 0.0897 e. The van der Waals surface area contributed by atoms with Crippen LogP contribution in [0.4, 0.5) is 0 Å². The van der Waals surface area contributed by atoms with Gasteiger partial charge < -0.3 is 5.73 Å². The third kappa shape index (κ3) is 2.31. The fraction of sp³-hybridized carbons (Fsp3) is 0.455. The number of nitrogens with two attached hydrogens (primary N) is 1. The van der Waals surface area contributed by atoms with E-state index in [0.29, 0.717) is 0 Å². The summed E-state index contributed by atoms with van der Waals surface area (Å²) in [6, 6.07) is -0.0183. The lowest BCUT2D eigenvalue weighted by molar-refractivity contribution is 0.703. The average Bonchev–Trinajstić information content (AvgIpc) is 2.73. The zero-order chi connectivity index (χ0) is 11.7. The van der Waals surface area contributed by atoms with Gasteiger partial charge in [0, 0.05) is 36.7 Å². The van der Waals surface area contributed by atoms with Gasteiger partial charge in [-0.2, -0.15) is 5.10 Å². The second-order valence-corrected chi connectivity index (χ2v) is 5.07. The zero-order valence-corrected chi connectivity index (χ0v) is 10.6. The Morgan fingerprint density at radius 2 is 2.25 bits per heavy atom. The summed E-state index contributed by atoms with van der Waals surface area (Å²) in [5, 5.41) is 7.46. The van der Waals surface area contributed by atoms with Gasteiger partial charge >= 0.3 is 0 Å². The molecule has 2 rings (SSSR count). The second kappa shape index (κ2) is 4.35. The molecule has 0 aliphatic heterocycles. The van der Waals surface area contributed by atoms with E-state index in [0.717, 1.165) is 28.4 Å². The second-order valence-electron chi connectivity index (χ2n) is 4.01. The summed E-state index contributed by atoms with van der Waals surface area (Å²) in [7, 11) is 1.91. The molecular formula is C11H16N4S. The Balaban J connectivity index is 2.14. The van der Waals surface area contributed by atoms with Crippen LogP contribution in [-0.4, -0.2) is 14.8 Å². The lowest BCUT2D eigenvalue weighted by atomic mass is 10.0. The van der Waals surface area contributed by atoms with Gasteiger partial charge in [-0.05, 0) is 13.8 Å². The van der Waals surface area contributed by atoms with E-state index in [9.17, 15) is 0 Å². The largest absolute Gasteiger partial charge is 0.324 e. The van der Waals surface area contributed by atoms with Crippen molar-refractivity contribution in [3.8, 4) is 0 Å². The van der Waals surface area contributed by atoms with E-state index >= 15 is 0 Å². The van der Waals surface area contributed by atoms with Crippen molar-refractivity contribution in [1.29, 1.82) is 0 Å². The molecule has 2 heterocycles. The van der Waals surface area contributed by atoms with Gasteiger partial charge in [-0.25, -0.2) is 4.98 Å². The predicted molar refractivity (Wildman–Crippen MR) is 65.4 cm³/mol. The third-order valence-corrected chi connectivity index (χ3v) is 3.37. The number of hydrogen-bond acceptors (Lipinski definition) is 4. The molecule has 0 aliphatic carbocycles. The molecule has 4 nitrogen and oxygen atoms in total. The van der Waals surface area contributed by atoms with Crippen LogP contribution in [0.2, 0.25) is 0 Å². The number of aromatic nitrogens is 3. The highest BCUT2D eigenvalue weighted by atomic mass is 32.1. The maximum atomic E-state index is 6.16. The molecule has 0 radical (unpaired) electrons. The Hall–Kier alpha value is -1.20. The minimum Gasteiger partial charge on any atom is -0.324 e. The fourth-order valence-corrected chi connectivity index (χ4v) is 2.44. The van der Waals surface area contributed by atoms with Gasteiger partial charge in [0.25, 0.3) is 0 Å². The van der Waals surface area contributed by atoms with E-state index in [1.165, 1.54) is 0 Å². The van der Waals surface area contributed by atoms with Gasteiger partial charge in [-0.15, -0.1) is 11.3 Å². The van der Waals surface area contributed by atoms with Crippen molar-refractivity contribution < 1.29 is 0 Å². The Morgan fingerprint density at radius 3 is 2.75 bits per heavy atom. The molecule has 2 aromatic heterocycles. The first-order valence-corrected chi connectivity index (χ1v) is 6.11. The first-order chi connectivity index (χ1) is 7.56. The van der Waals surface area contributed by atoms with Crippen LogP contribution in [0.5, 0.6) is 0 Å². The number of rotatable bonds is 3. The molecule has 1 atom stereocenters. The van der Waals surface area contributed by atoms with Gasteiger partial charge in [0.15, 0.2) is 0 Å². The quantitative estimate of drug-likeness (QED) is 0.883. The van der Waals surface area contributed by atoms with Crippen LogP contribution in [0.3, 0.4) is 0 Å². The van der Waals surface area contributed by atoms with Crippen molar-refractivity contribution >= 4 is 11.3 Å². The monoisotopic (exact) mass is 236 g/mol. The summed E-state index contributed by atoms with van der Waals surface area (Å²) in [5.41, 5.74) is 9.34. The Morgan fingerprint density at radius 1 is 1.50 bits per heavy atom. The minimum absolute atomic E-state index is 0.0183. The molecular weight excluding hydrogens is 220 g/mol. The van der Waals surface area contributed by atoms with Crippen molar-refractivity contribution in [2.45, 2.75) is 26.3 Å². The van der Waals surface area contributed by atoms with Crippen LogP contribution in [0.1, 0.15) is 28.0 Å². The van der Waals surface area contributed by atoms with E-state index in [1.807, 2.05) is 27.1 Å². The molecule has 0 spiro atoms. The molecule has 0 saturated heterocycles. The lowest BCUT2D eigenvalue weighted by Crippen LogP contribution is -2.14. The lowest BCUT2D eigenvalue weighted by Gasteiger charge is -2.08. The number of nitrogens with zero attached hydrogens (tertiary/aromatic N) is 3. The van der Waals surface area contributed by atoms with Crippen molar-refractivity contribution in [3.05, 3.63) is 33.5 Å². The molecule has 0 amide bonds. The highest BCUT2D eigenvalue weighted by molar-refractivity contribution is 7.09. The van der Waals surface area contributed by atoms with Gasteiger partial charge in [-0.3, -0.25) is 4.68 Å². The van der Waals surface area contributed by atoms with Crippen LogP contribution in [0.25, 0.3) is 0 Å². The van der Waals surface area contributed by atoms with Crippen LogP contribution in [-0.2, 0) is 13.5 Å². The van der Waals surface area contributed by atoms with E-state index in [4.69, 9.17) is 5.73 Å². The summed E-state index contributed by atoms with van der Waals surface area (Å²) in [6.45, 7) is 4.00. The molecule has 1 unspecified atom stereocenters. The molecule has 86 valence electrons. The van der Waals surface area contributed by atoms with Crippen molar-refractivity contribution in [2.24, 2.45) is 12.8 Å². The van der Waals surface area contributed by atoms with Crippen LogP contribution >= 0.6 is 11.3 Å². The first-order valence-electron chi connectivity index (χ1n) is 5.23. The maximum absolute atomic E-state index is 6.16. The Labute approximate surface area is 99.1 Å². The highest BCUT2D eigenvalue weighted by Gasteiger charge is 2.14. The SMILES string of the molecule is Cc1nc(CC(N)c2cn(C)nc2C)cs1. The van der Waals surface area contributed by atoms with E-state index in [2.05, 4.69) is 15.5 Å². The predicted octanol–water partition coefficient (Wildman–Crippen LogP) is 1.74. The number of thiazole rings is 1. The fourth-order valence-electron chi connectivity index (χ4n) is 1.82. The van der Waals surface area contributed by atoms with Crippen molar-refractivity contribution in [2.75, 3.05) is 0 Å². The van der Waals surface area contributed by atoms with Crippen molar-refractivity contribution in [1.82, 2.24) is 14.8 Å². The Bertz CT molecular complexity index is 486. The summed E-state index contributed by atoms with van der Waals surface area (Å²) in [6.07, 6.45) is 2.76. The normalized spacial score (nSPS) is 13.0. The topological polar surface area (TPSA) is 56.7 Å². The molecule has 0 aromatic carbocycles. The number of aryl methyl sites for hydroxylation is 3. The standard InChI is InChI=1S/C11H16N4S/c1-7-10(5-15(3)14-7)11(12)4-9-6-16-8(2)13-9/h5-6,11H,4,12H2,1-3H3. The molecule has 16 heavy (non-hydrogen) atoms.